The zero-order chi connectivity index (χ0) is 27.7. The third kappa shape index (κ3) is 8.23. The fourth-order valence-corrected chi connectivity index (χ4v) is 7.72. The van der Waals surface area contributed by atoms with Crippen molar-refractivity contribution in [1.29, 1.82) is 0 Å². The van der Waals surface area contributed by atoms with Crippen LogP contribution in [-0.2, 0) is 9.13 Å². The number of benzene rings is 4. The Hall–Kier alpha value is -3.54. The van der Waals surface area contributed by atoms with Gasteiger partial charge in [-0.1, -0.05) is 72.8 Å². The molecule has 0 radical (unpaired) electrons. The van der Waals surface area contributed by atoms with Gasteiger partial charge in [-0.3, -0.25) is 0 Å². The van der Waals surface area contributed by atoms with Crippen LogP contribution in [0.4, 0.5) is 0 Å². The van der Waals surface area contributed by atoms with Gasteiger partial charge in [-0.15, -0.1) is 0 Å². The van der Waals surface area contributed by atoms with E-state index in [0.29, 0.717) is 48.7 Å². The lowest BCUT2D eigenvalue weighted by Gasteiger charge is -2.33. The number of hydrogen-bond acceptors (Lipinski definition) is 6. The van der Waals surface area contributed by atoms with Crippen molar-refractivity contribution in [2.24, 2.45) is 0 Å². The smallest absolute Gasteiger partial charge is 0.405 e. The predicted octanol–water partition coefficient (Wildman–Crippen LogP) is 8.01. The first-order valence-electron chi connectivity index (χ1n) is 13.2. The predicted molar refractivity (Wildman–Crippen MR) is 156 cm³/mol. The molecule has 0 aliphatic heterocycles. The maximum absolute atomic E-state index is 13.9. The van der Waals surface area contributed by atoms with Crippen LogP contribution in [-0.4, -0.2) is 12.1 Å². The molecule has 0 unspecified atom stereocenters. The van der Waals surface area contributed by atoms with E-state index in [9.17, 15) is 9.13 Å². The minimum absolute atomic E-state index is 0.138. The van der Waals surface area contributed by atoms with Crippen LogP contribution in [0.1, 0.15) is 25.7 Å². The maximum atomic E-state index is 13.9. The maximum Gasteiger partial charge on any atom is 0.513 e. The topological polar surface area (TPSA) is 95.1 Å². The van der Waals surface area contributed by atoms with Gasteiger partial charge in [-0.2, -0.15) is 10.2 Å². The molecule has 5 rings (SSSR count). The Morgan fingerprint density at radius 2 is 0.650 bits per heavy atom. The summed E-state index contributed by atoms with van der Waals surface area (Å²) in [6.45, 7) is 0. The molecule has 1 fully saturated rings. The molecular formula is C30H32N2O6P2. The SMILES string of the molecule is O=P(NC1CCC(NP(=O)(Oc2ccccc2)Oc2ccccc2)CC1)(Oc1ccccc1)Oc1ccccc1. The van der Waals surface area contributed by atoms with E-state index < -0.39 is 15.5 Å². The number of nitrogens with one attached hydrogen (secondary N) is 2. The Labute approximate surface area is 234 Å². The Kier molecular flexibility index (Phi) is 9.25. The van der Waals surface area contributed by atoms with Gasteiger partial charge in [0, 0.05) is 12.1 Å². The summed E-state index contributed by atoms with van der Waals surface area (Å²) in [7, 11) is -7.52. The molecule has 1 aliphatic carbocycles. The Morgan fingerprint density at radius 1 is 0.425 bits per heavy atom. The number of para-hydroxylation sites is 4. The van der Waals surface area contributed by atoms with Crippen molar-refractivity contribution in [2.45, 2.75) is 37.8 Å². The molecule has 10 heteroatoms. The normalized spacial score (nSPS) is 17.5. The Morgan fingerprint density at radius 3 is 0.875 bits per heavy atom. The second-order valence-corrected chi connectivity index (χ2v) is 12.7. The fourth-order valence-electron chi connectivity index (χ4n) is 4.42. The molecule has 0 bridgehead atoms. The summed E-state index contributed by atoms with van der Waals surface area (Å²) in [6, 6.07) is 35.6. The van der Waals surface area contributed by atoms with Crippen molar-refractivity contribution in [1.82, 2.24) is 10.2 Å². The van der Waals surface area contributed by atoms with Crippen LogP contribution in [0.25, 0.3) is 0 Å². The van der Waals surface area contributed by atoms with Crippen LogP contribution in [0.3, 0.4) is 0 Å². The van der Waals surface area contributed by atoms with Crippen molar-refractivity contribution >= 4 is 15.5 Å². The summed E-state index contributed by atoms with van der Waals surface area (Å²) in [5.74, 6) is 1.78. The van der Waals surface area contributed by atoms with Gasteiger partial charge >= 0.3 is 15.5 Å². The molecule has 2 N–H and O–H groups in total. The lowest BCUT2D eigenvalue weighted by Crippen LogP contribution is -2.40. The van der Waals surface area contributed by atoms with Crippen molar-refractivity contribution < 1.29 is 27.2 Å². The Bertz CT molecular complexity index is 1220. The summed E-state index contributed by atoms with van der Waals surface area (Å²) in [5.41, 5.74) is 0. The van der Waals surface area contributed by atoms with Crippen LogP contribution >= 0.6 is 15.5 Å². The monoisotopic (exact) mass is 578 g/mol. The molecule has 4 aromatic carbocycles. The lowest BCUT2D eigenvalue weighted by atomic mass is 9.92. The van der Waals surface area contributed by atoms with E-state index in [2.05, 4.69) is 10.2 Å². The third-order valence-electron chi connectivity index (χ3n) is 6.28. The summed E-state index contributed by atoms with van der Waals surface area (Å²) in [5, 5.41) is 6.29. The highest BCUT2D eigenvalue weighted by Crippen LogP contribution is 2.48. The minimum Gasteiger partial charge on any atom is -0.405 e. The van der Waals surface area contributed by atoms with Gasteiger partial charge in [0.15, 0.2) is 0 Å². The van der Waals surface area contributed by atoms with Gasteiger partial charge in [-0.25, -0.2) is 9.13 Å². The molecule has 1 aliphatic rings. The molecule has 208 valence electrons. The molecule has 4 aromatic rings. The molecule has 8 nitrogen and oxygen atoms in total. The molecule has 0 atom stereocenters. The van der Waals surface area contributed by atoms with Crippen molar-refractivity contribution in [3.63, 3.8) is 0 Å². The van der Waals surface area contributed by atoms with Gasteiger partial charge in [-0.05, 0) is 74.2 Å². The quantitative estimate of drug-likeness (QED) is 0.163. The van der Waals surface area contributed by atoms with E-state index in [1.54, 1.807) is 48.5 Å². The average Bonchev–Trinajstić information content (AvgIpc) is 2.96. The second kappa shape index (κ2) is 13.2. The van der Waals surface area contributed by atoms with Gasteiger partial charge in [0.2, 0.25) is 0 Å². The molecule has 0 heterocycles. The highest BCUT2D eigenvalue weighted by Gasteiger charge is 2.37. The lowest BCUT2D eigenvalue weighted by molar-refractivity contribution is 0.300. The summed E-state index contributed by atoms with van der Waals surface area (Å²) in [6.07, 6.45) is 2.59. The van der Waals surface area contributed by atoms with Crippen molar-refractivity contribution in [2.75, 3.05) is 0 Å². The average molecular weight is 579 g/mol. The minimum atomic E-state index is -3.76. The van der Waals surface area contributed by atoms with Crippen LogP contribution in [0.15, 0.2) is 121 Å². The zero-order valence-electron chi connectivity index (χ0n) is 21.9. The first-order chi connectivity index (χ1) is 19.5. The largest absolute Gasteiger partial charge is 0.513 e. The van der Waals surface area contributed by atoms with Gasteiger partial charge in [0.25, 0.3) is 0 Å². The first-order valence-corrected chi connectivity index (χ1v) is 16.3. The zero-order valence-corrected chi connectivity index (χ0v) is 23.7. The summed E-state index contributed by atoms with van der Waals surface area (Å²) in [4.78, 5) is 0. The van der Waals surface area contributed by atoms with Gasteiger partial charge in [0.05, 0.1) is 0 Å². The third-order valence-corrected chi connectivity index (χ3v) is 9.45. The molecule has 0 aromatic heterocycles. The summed E-state index contributed by atoms with van der Waals surface area (Å²) < 4.78 is 51.2. The molecular weight excluding hydrogens is 546 g/mol. The highest BCUT2D eigenvalue weighted by molar-refractivity contribution is 7.52. The Balaban J connectivity index is 1.24. The second-order valence-electron chi connectivity index (χ2n) is 9.42. The molecule has 1 saturated carbocycles. The van der Waals surface area contributed by atoms with Crippen LogP contribution < -0.4 is 28.3 Å². The highest BCUT2D eigenvalue weighted by atomic mass is 31.2. The number of hydrogen-bond donors (Lipinski definition) is 2. The van der Waals surface area contributed by atoms with Crippen LogP contribution in [0, 0.1) is 0 Å². The molecule has 40 heavy (non-hydrogen) atoms. The molecule has 0 saturated heterocycles. The molecule has 0 spiro atoms. The van der Waals surface area contributed by atoms with E-state index in [-0.39, 0.29) is 12.1 Å². The standard InChI is InChI=1S/C30H32N2O6P2/c33-39(35-27-13-5-1-6-14-27,36-28-15-7-2-8-16-28)31-25-21-23-26(24-22-25)32-40(34,37-29-17-9-3-10-18-29)38-30-19-11-4-12-20-30/h1-20,25-26H,21-24H2,(H,31,33)(H,32,34). The van der Waals surface area contributed by atoms with E-state index >= 15 is 0 Å². The first kappa shape index (κ1) is 28.0. The van der Waals surface area contributed by atoms with E-state index in [0.717, 1.165) is 0 Å². The fraction of sp³-hybridized carbons (Fsp3) is 0.200. The summed E-state index contributed by atoms with van der Waals surface area (Å²) >= 11 is 0. The van der Waals surface area contributed by atoms with Crippen LogP contribution in [0.5, 0.6) is 23.0 Å². The van der Waals surface area contributed by atoms with E-state index in [4.69, 9.17) is 18.1 Å². The number of rotatable bonds is 12. The van der Waals surface area contributed by atoms with Gasteiger partial charge < -0.3 is 18.1 Å². The van der Waals surface area contributed by atoms with E-state index in [1.807, 2.05) is 72.8 Å². The van der Waals surface area contributed by atoms with E-state index in [1.165, 1.54) is 0 Å². The van der Waals surface area contributed by atoms with Crippen molar-refractivity contribution in [3.05, 3.63) is 121 Å². The van der Waals surface area contributed by atoms with Crippen LogP contribution in [0.2, 0.25) is 0 Å². The van der Waals surface area contributed by atoms with Gasteiger partial charge in [0.1, 0.15) is 23.0 Å². The molecule has 0 amide bonds. The van der Waals surface area contributed by atoms with Crippen molar-refractivity contribution in [3.8, 4) is 23.0 Å².